The van der Waals surface area contributed by atoms with E-state index < -0.39 is 22.1 Å². The number of rotatable bonds is 7. The Kier molecular flexibility index (Phi) is 7.27. The number of hydrogen-bond acceptors (Lipinski definition) is 5. The Morgan fingerprint density at radius 3 is 2.53 bits per heavy atom. The van der Waals surface area contributed by atoms with E-state index in [2.05, 4.69) is 9.62 Å². The first-order chi connectivity index (χ1) is 17.2. The minimum absolute atomic E-state index is 0.0401. The zero-order valence-corrected chi connectivity index (χ0v) is 22.1. The number of nitrogens with zero attached hydrogens (tertiary/aromatic N) is 3. The second-order valence-corrected chi connectivity index (χ2v) is 12.3. The molecule has 3 fully saturated rings. The van der Waals surface area contributed by atoms with Crippen LogP contribution in [0.3, 0.4) is 0 Å². The van der Waals surface area contributed by atoms with Gasteiger partial charge in [-0.05, 0) is 87.2 Å². The molecular weight excluding hydrogens is 500 g/mol. The third-order valence-electron chi connectivity index (χ3n) is 7.77. The van der Waals surface area contributed by atoms with E-state index in [9.17, 15) is 18.0 Å². The second-order valence-electron chi connectivity index (χ2n) is 10.2. The molecule has 3 atom stereocenters. The number of amides is 2. The van der Waals surface area contributed by atoms with Crippen LogP contribution < -0.4 is 4.72 Å². The highest BCUT2D eigenvalue weighted by Crippen LogP contribution is 2.26. The van der Waals surface area contributed by atoms with Gasteiger partial charge in [-0.3, -0.25) is 9.59 Å². The molecule has 1 N–H and O–H groups in total. The van der Waals surface area contributed by atoms with Crippen LogP contribution in [0.5, 0.6) is 0 Å². The highest BCUT2D eigenvalue weighted by atomic mass is 35.5. The Labute approximate surface area is 217 Å². The molecule has 3 heterocycles. The SMILES string of the molecule is C[C@@H](C(=O)N1CCC[C@H]1CN1CCCC1)N1CC[C@@H](NS(=O)(=O)c2ccc3cc(Cl)ccc3c2)C1=O. The molecule has 10 heteroatoms. The van der Waals surface area contributed by atoms with E-state index in [4.69, 9.17) is 11.6 Å². The third kappa shape index (κ3) is 5.11. The summed E-state index contributed by atoms with van der Waals surface area (Å²) < 4.78 is 28.7. The van der Waals surface area contributed by atoms with Crippen molar-refractivity contribution >= 4 is 44.2 Å². The standard InChI is InChI=1S/C26H33ClN4O4S/c1-18(25(32)31-13-4-5-22(31)17-29-11-2-3-12-29)30-14-10-24(26(30)33)28-36(34,35)23-9-7-19-15-21(27)8-6-20(19)16-23/h6-9,15-16,18,22,24,28H,2-5,10-14,17H2,1H3/t18-,22-,24+/m0/s1. The Morgan fingerprint density at radius 2 is 1.75 bits per heavy atom. The average Bonchev–Trinajstić information content (AvgIpc) is 3.61. The lowest BCUT2D eigenvalue weighted by atomic mass is 10.1. The van der Waals surface area contributed by atoms with E-state index in [1.165, 1.54) is 23.8 Å². The summed E-state index contributed by atoms with van der Waals surface area (Å²) in [5.41, 5.74) is 0. The quantitative estimate of drug-likeness (QED) is 0.592. The Morgan fingerprint density at radius 1 is 1.03 bits per heavy atom. The van der Waals surface area contributed by atoms with Crippen molar-refractivity contribution in [3.05, 3.63) is 41.4 Å². The van der Waals surface area contributed by atoms with Crippen LogP contribution >= 0.6 is 11.6 Å². The van der Waals surface area contributed by atoms with Gasteiger partial charge in [0.15, 0.2) is 0 Å². The van der Waals surface area contributed by atoms with Crippen molar-refractivity contribution in [2.24, 2.45) is 0 Å². The van der Waals surface area contributed by atoms with Crippen molar-refractivity contribution in [3.63, 3.8) is 0 Å². The minimum Gasteiger partial charge on any atom is -0.337 e. The first-order valence-electron chi connectivity index (χ1n) is 12.8. The highest BCUT2D eigenvalue weighted by molar-refractivity contribution is 7.89. The number of benzene rings is 2. The smallest absolute Gasteiger partial charge is 0.245 e. The number of halogens is 1. The van der Waals surface area contributed by atoms with E-state index in [1.807, 2.05) is 4.90 Å². The molecule has 194 valence electrons. The zero-order chi connectivity index (χ0) is 25.4. The lowest BCUT2D eigenvalue weighted by molar-refractivity contribution is -0.144. The monoisotopic (exact) mass is 532 g/mol. The van der Waals surface area contributed by atoms with E-state index in [1.54, 1.807) is 37.3 Å². The molecule has 0 unspecified atom stereocenters. The summed E-state index contributed by atoms with van der Waals surface area (Å²) in [6.07, 6.45) is 4.72. The van der Waals surface area contributed by atoms with Crippen molar-refractivity contribution in [3.8, 4) is 0 Å². The van der Waals surface area contributed by atoms with Crippen LogP contribution in [-0.4, -0.2) is 85.8 Å². The number of likely N-dealkylation sites (tertiary alicyclic amines) is 3. The first-order valence-corrected chi connectivity index (χ1v) is 14.6. The molecule has 3 saturated heterocycles. The van der Waals surface area contributed by atoms with Crippen LogP contribution in [0.1, 0.15) is 39.0 Å². The van der Waals surface area contributed by atoms with Gasteiger partial charge >= 0.3 is 0 Å². The van der Waals surface area contributed by atoms with Crippen LogP contribution in [0.4, 0.5) is 0 Å². The number of carbonyl (C=O) groups excluding carboxylic acids is 2. The summed E-state index contributed by atoms with van der Waals surface area (Å²) in [7, 11) is -3.92. The van der Waals surface area contributed by atoms with Gasteiger partial charge in [-0.1, -0.05) is 23.7 Å². The molecule has 5 rings (SSSR count). The van der Waals surface area contributed by atoms with Gasteiger partial charge in [0.1, 0.15) is 12.1 Å². The van der Waals surface area contributed by atoms with Gasteiger partial charge in [-0.15, -0.1) is 0 Å². The van der Waals surface area contributed by atoms with E-state index in [-0.39, 0.29) is 22.8 Å². The van der Waals surface area contributed by atoms with Gasteiger partial charge in [-0.2, -0.15) is 4.72 Å². The van der Waals surface area contributed by atoms with Crippen molar-refractivity contribution in [1.29, 1.82) is 0 Å². The highest BCUT2D eigenvalue weighted by Gasteiger charge is 2.42. The fraction of sp³-hybridized carbons (Fsp3) is 0.538. The number of carbonyl (C=O) groups is 2. The lowest BCUT2D eigenvalue weighted by Crippen LogP contribution is -2.52. The largest absolute Gasteiger partial charge is 0.337 e. The van der Waals surface area contributed by atoms with Crippen LogP contribution in [0.25, 0.3) is 10.8 Å². The molecule has 8 nitrogen and oxygen atoms in total. The van der Waals surface area contributed by atoms with Crippen molar-refractivity contribution in [1.82, 2.24) is 19.4 Å². The molecule has 3 aliphatic heterocycles. The molecule has 0 saturated carbocycles. The average molecular weight is 533 g/mol. The summed E-state index contributed by atoms with van der Waals surface area (Å²) in [5, 5.41) is 2.16. The molecule has 0 aromatic heterocycles. The maximum atomic E-state index is 13.4. The van der Waals surface area contributed by atoms with Gasteiger partial charge in [0.25, 0.3) is 0 Å². The van der Waals surface area contributed by atoms with Crippen molar-refractivity contribution < 1.29 is 18.0 Å². The van der Waals surface area contributed by atoms with E-state index in [0.29, 0.717) is 24.5 Å². The Balaban J connectivity index is 1.24. The van der Waals surface area contributed by atoms with Crippen LogP contribution in [0.2, 0.25) is 5.02 Å². The predicted molar refractivity (Wildman–Crippen MR) is 139 cm³/mol. The Hall–Kier alpha value is -2.20. The molecule has 3 aliphatic rings. The summed E-state index contributed by atoms with van der Waals surface area (Å²) in [5.74, 6) is -0.385. The molecule has 0 aliphatic carbocycles. The number of fused-ring (bicyclic) bond motifs is 1. The fourth-order valence-electron chi connectivity index (χ4n) is 5.77. The summed E-state index contributed by atoms with van der Waals surface area (Å²) in [4.78, 5) is 32.6. The Bertz CT molecular complexity index is 1260. The van der Waals surface area contributed by atoms with Gasteiger partial charge in [0.05, 0.1) is 4.90 Å². The minimum atomic E-state index is -3.92. The molecular formula is C26H33ClN4O4S. The normalized spacial score (nSPS) is 24.2. The molecule has 36 heavy (non-hydrogen) atoms. The van der Waals surface area contributed by atoms with E-state index in [0.717, 1.165) is 43.2 Å². The number of sulfonamides is 1. The topological polar surface area (TPSA) is 90.0 Å². The molecule has 2 amide bonds. The lowest BCUT2D eigenvalue weighted by Gasteiger charge is -2.33. The van der Waals surface area contributed by atoms with Gasteiger partial charge in [0, 0.05) is 30.7 Å². The summed E-state index contributed by atoms with van der Waals surface area (Å²) >= 11 is 6.02. The maximum Gasteiger partial charge on any atom is 0.245 e. The predicted octanol–water partition coefficient (Wildman–Crippen LogP) is 2.85. The molecule has 0 radical (unpaired) electrons. The van der Waals surface area contributed by atoms with Crippen molar-refractivity contribution in [2.45, 2.75) is 62.0 Å². The third-order valence-corrected chi connectivity index (χ3v) is 9.48. The van der Waals surface area contributed by atoms with Crippen LogP contribution in [0.15, 0.2) is 41.3 Å². The summed E-state index contributed by atoms with van der Waals surface area (Å²) in [6.45, 7) is 5.90. The number of hydrogen-bond donors (Lipinski definition) is 1. The van der Waals surface area contributed by atoms with Crippen molar-refractivity contribution in [2.75, 3.05) is 32.7 Å². The molecule has 0 spiro atoms. The second kappa shape index (κ2) is 10.3. The molecule has 0 bridgehead atoms. The fourth-order valence-corrected chi connectivity index (χ4v) is 7.20. The summed E-state index contributed by atoms with van der Waals surface area (Å²) in [6, 6.07) is 8.72. The molecule has 2 aromatic rings. The van der Waals surface area contributed by atoms with Gasteiger partial charge in [0.2, 0.25) is 21.8 Å². The maximum absolute atomic E-state index is 13.4. The van der Waals surface area contributed by atoms with Crippen LogP contribution in [-0.2, 0) is 19.6 Å². The van der Waals surface area contributed by atoms with Gasteiger partial charge in [-0.25, -0.2) is 8.42 Å². The molecule has 2 aromatic carbocycles. The van der Waals surface area contributed by atoms with Crippen LogP contribution in [0, 0.1) is 0 Å². The van der Waals surface area contributed by atoms with E-state index >= 15 is 0 Å². The first kappa shape index (κ1) is 25.4. The number of nitrogens with one attached hydrogen (secondary N) is 1. The zero-order valence-electron chi connectivity index (χ0n) is 20.5. The van der Waals surface area contributed by atoms with Gasteiger partial charge < -0.3 is 14.7 Å².